The van der Waals surface area contributed by atoms with Crippen LogP contribution in [0.15, 0.2) is 77.7 Å². The lowest BCUT2D eigenvalue weighted by Gasteiger charge is -2.32. The van der Waals surface area contributed by atoms with E-state index in [1.165, 1.54) is 29.2 Å². The Hall–Kier alpha value is -3.72. The number of carbonyl (C=O) groups excluding carboxylic acids is 2. The van der Waals surface area contributed by atoms with E-state index in [1.54, 1.807) is 19.1 Å². The van der Waals surface area contributed by atoms with Crippen molar-refractivity contribution in [3.05, 3.63) is 95.3 Å². The molecule has 39 heavy (non-hydrogen) atoms. The molecule has 0 radical (unpaired) electrons. The number of nitrogens with one attached hydrogen (secondary N) is 1. The first-order chi connectivity index (χ1) is 18.4. The van der Waals surface area contributed by atoms with Crippen molar-refractivity contribution in [3.8, 4) is 0 Å². The summed E-state index contributed by atoms with van der Waals surface area (Å²) < 4.78 is 42.2. The van der Waals surface area contributed by atoms with Crippen LogP contribution in [0, 0.1) is 25.6 Å². The minimum atomic E-state index is -4.20. The lowest BCUT2D eigenvalue weighted by molar-refractivity contribution is -0.139. The van der Waals surface area contributed by atoms with Crippen LogP contribution in [0.1, 0.15) is 37.5 Å². The van der Waals surface area contributed by atoms with E-state index in [-0.39, 0.29) is 29.0 Å². The molecule has 0 aromatic heterocycles. The van der Waals surface area contributed by atoms with Gasteiger partial charge in [-0.3, -0.25) is 13.9 Å². The molecule has 1 N–H and O–H groups in total. The minimum absolute atomic E-state index is 0.00148. The Morgan fingerprint density at radius 3 is 2.10 bits per heavy atom. The van der Waals surface area contributed by atoms with Crippen molar-refractivity contribution in [2.45, 2.75) is 52.1 Å². The molecule has 2 amide bonds. The number of halogens is 1. The van der Waals surface area contributed by atoms with Crippen LogP contribution >= 0.6 is 0 Å². The van der Waals surface area contributed by atoms with Crippen LogP contribution in [0.25, 0.3) is 0 Å². The second kappa shape index (κ2) is 12.9. The molecule has 0 heterocycles. The van der Waals surface area contributed by atoms with Crippen LogP contribution in [-0.4, -0.2) is 44.3 Å². The van der Waals surface area contributed by atoms with E-state index in [0.717, 1.165) is 33.1 Å². The molecule has 3 aromatic rings. The Bertz CT molecular complexity index is 1390. The van der Waals surface area contributed by atoms with Crippen molar-refractivity contribution in [1.29, 1.82) is 0 Å². The Morgan fingerprint density at radius 2 is 1.51 bits per heavy atom. The Balaban J connectivity index is 2.01. The van der Waals surface area contributed by atoms with Gasteiger partial charge in [0.25, 0.3) is 10.0 Å². The van der Waals surface area contributed by atoms with Gasteiger partial charge < -0.3 is 10.2 Å². The fourth-order valence-electron chi connectivity index (χ4n) is 3.98. The molecule has 1 atom stereocenters. The Morgan fingerprint density at radius 1 is 0.897 bits per heavy atom. The van der Waals surface area contributed by atoms with Gasteiger partial charge in [0.05, 0.1) is 10.6 Å². The first-order valence-electron chi connectivity index (χ1n) is 12.9. The topological polar surface area (TPSA) is 86.8 Å². The number of carbonyl (C=O) groups is 2. The van der Waals surface area contributed by atoms with Crippen molar-refractivity contribution in [2.24, 2.45) is 5.92 Å². The van der Waals surface area contributed by atoms with Gasteiger partial charge in [0.15, 0.2) is 0 Å². The van der Waals surface area contributed by atoms with E-state index in [1.807, 2.05) is 52.0 Å². The summed E-state index contributed by atoms with van der Waals surface area (Å²) in [4.78, 5) is 28.3. The molecule has 0 aliphatic heterocycles. The highest BCUT2D eigenvalue weighted by atomic mass is 32.2. The largest absolute Gasteiger partial charge is 0.354 e. The first kappa shape index (κ1) is 29.8. The first-order valence-corrected chi connectivity index (χ1v) is 14.3. The number of anilines is 1. The molecule has 0 saturated carbocycles. The highest BCUT2D eigenvalue weighted by molar-refractivity contribution is 7.92. The molecule has 0 aliphatic carbocycles. The SMILES string of the molecule is Cc1ccc(S(=O)(=O)N(CC(=O)N(Cc2ccccc2C)[C@H](C)C(=O)NCC(C)C)c2ccc(F)cc2)cc1. The fraction of sp³-hybridized carbons (Fsp3) is 0.333. The van der Waals surface area contributed by atoms with Gasteiger partial charge in [-0.15, -0.1) is 0 Å². The zero-order valence-electron chi connectivity index (χ0n) is 23.0. The average molecular weight is 554 g/mol. The van der Waals surface area contributed by atoms with Crippen LogP contribution < -0.4 is 9.62 Å². The number of aryl methyl sites for hydroxylation is 2. The molecule has 3 aromatic carbocycles. The molecule has 9 heteroatoms. The molecule has 3 rings (SSSR count). The zero-order valence-corrected chi connectivity index (χ0v) is 23.8. The quantitative estimate of drug-likeness (QED) is 0.369. The van der Waals surface area contributed by atoms with Gasteiger partial charge in [-0.2, -0.15) is 0 Å². The summed E-state index contributed by atoms with van der Waals surface area (Å²) in [7, 11) is -4.20. The molecular weight excluding hydrogens is 517 g/mol. The summed E-state index contributed by atoms with van der Waals surface area (Å²) in [5, 5.41) is 2.86. The monoisotopic (exact) mass is 553 g/mol. The molecular formula is C30H36FN3O4S. The van der Waals surface area contributed by atoms with Crippen LogP contribution in [0.3, 0.4) is 0 Å². The van der Waals surface area contributed by atoms with Crippen LogP contribution in [0.5, 0.6) is 0 Å². The molecule has 208 valence electrons. The normalized spacial score (nSPS) is 12.2. The summed E-state index contributed by atoms with van der Waals surface area (Å²) in [5.74, 6) is -1.21. The predicted molar refractivity (Wildman–Crippen MR) is 151 cm³/mol. The highest BCUT2D eigenvalue weighted by Crippen LogP contribution is 2.25. The Kier molecular flexibility index (Phi) is 9.86. The molecule has 7 nitrogen and oxygen atoms in total. The third kappa shape index (κ3) is 7.66. The van der Waals surface area contributed by atoms with E-state index in [0.29, 0.717) is 6.54 Å². The lowest BCUT2D eigenvalue weighted by atomic mass is 10.1. The smallest absolute Gasteiger partial charge is 0.264 e. The Labute approximate surface area is 230 Å². The maximum absolute atomic E-state index is 13.9. The standard InChI is InChI=1S/C30H36FN3O4S/c1-21(2)18-32-30(36)24(5)33(19-25-9-7-6-8-23(25)4)29(35)20-34(27-14-12-26(31)13-15-27)39(37,38)28-16-10-22(3)11-17-28/h6-17,21,24H,18-20H2,1-5H3,(H,32,36)/t24-/m1/s1. The summed E-state index contributed by atoms with van der Waals surface area (Å²) in [6, 6.07) is 17.8. The third-order valence-corrected chi connectivity index (χ3v) is 8.24. The van der Waals surface area contributed by atoms with Crippen LogP contribution in [0.2, 0.25) is 0 Å². The van der Waals surface area contributed by atoms with Crippen molar-refractivity contribution >= 4 is 27.5 Å². The molecule has 0 spiro atoms. The van der Waals surface area contributed by atoms with Gasteiger partial charge in [0.2, 0.25) is 11.8 Å². The summed E-state index contributed by atoms with van der Waals surface area (Å²) in [6.07, 6.45) is 0. The number of sulfonamides is 1. The van der Waals surface area contributed by atoms with E-state index in [4.69, 9.17) is 0 Å². The van der Waals surface area contributed by atoms with Gasteiger partial charge >= 0.3 is 0 Å². The number of hydrogen-bond donors (Lipinski definition) is 1. The lowest BCUT2D eigenvalue weighted by Crippen LogP contribution is -2.51. The molecule has 0 fully saturated rings. The summed E-state index contributed by atoms with van der Waals surface area (Å²) in [6.45, 7) is 9.30. The van der Waals surface area contributed by atoms with Gasteiger partial charge in [0, 0.05) is 13.1 Å². The van der Waals surface area contributed by atoms with Gasteiger partial charge in [-0.05, 0) is 74.2 Å². The van der Waals surface area contributed by atoms with Crippen molar-refractivity contribution in [1.82, 2.24) is 10.2 Å². The zero-order chi connectivity index (χ0) is 28.7. The van der Waals surface area contributed by atoms with E-state index in [2.05, 4.69) is 5.32 Å². The molecule has 0 aliphatic rings. The number of rotatable bonds is 11. The van der Waals surface area contributed by atoms with E-state index < -0.39 is 34.3 Å². The summed E-state index contributed by atoms with van der Waals surface area (Å²) in [5.41, 5.74) is 2.79. The van der Waals surface area contributed by atoms with E-state index in [9.17, 15) is 22.4 Å². The molecule has 0 saturated heterocycles. The van der Waals surface area contributed by atoms with Crippen molar-refractivity contribution < 1.29 is 22.4 Å². The van der Waals surface area contributed by atoms with E-state index >= 15 is 0 Å². The second-order valence-corrected chi connectivity index (χ2v) is 11.9. The number of hydrogen-bond acceptors (Lipinski definition) is 4. The van der Waals surface area contributed by atoms with Gasteiger partial charge in [-0.25, -0.2) is 12.8 Å². The molecule has 0 bridgehead atoms. The van der Waals surface area contributed by atoms with Crippen LogP contribution in [-0.2, 0) is 26.2 Å². The molecule has 0 unspecified atom stereocenters. The maximum Gasteiger partial charge on any atom is 0.264 e. The van der Waals surface area contributed by atoms with Crippen molar-refractivity contribution in [3.63, 3.8) is 0 Å². The van der Waals surface area contributed by atoms with Gasteiger partial charge in [-0.1, -0.05) is 55.8 Å². The average Bonchev–Trinajstić information content (AvgIpc) is 2.90. The summed E-state index contributed by atoms with van der Waals surface area (Å²) >= 11 is 0. The highest BCUT2D eigenvalue weighted by Gasteiger charge is 2.32. The maximum atomic E-state index is 13.9. The predicted octanol–water partition coefficient (Wildman–Crippen LogP) is 4.83. The van der Waals surface area contributed by atoms with Gasteiger partial charge in [0.1, 0.15) is 18.4 Å². The second-order valence-electron chi connectivity index (χ2n) is 10.1. The number of amides is 2. The fourth-order valence-corrected chi connectivity index (χ4v) is 5.39. The third-order valence-electron chi connectivity index (χ3n) is 6.46. The van der Waals surface area contributed by atoms with Crippen molar-refractivity contribution in [2.75, 3.05) is 17.4 Å². The van der Waals surface area contributed by atoms with Crippen LogP contribution in [0.4, 0.5) is 10.1 Å². The number of benzene rings is 3. The number of nitrogens with zero attached hydrogens (tertiary/aromatic N) is 2. The minimum Gasteiger partial charge on any atom is -0.354 e.